The van der Waals surface area contributed by atoms with Gasteiger partial charge in [0.25, 0.3) is 0 Å². The largest absolute Gasteiger partial charge is 0.446 e. The molecule has 0 aromatic carbocycles. The van der Waals surface area contributed by atoms with Crippen molar-refractivity contribution in [3.05, 3.63) is 61.6 Å². The van der Waals surface area contributed by atoms with Crippen molar-refractivity contribution < 1.29 is 4.42 Å². The molecule has 3 rings (SSSR count). The predicted molar refractivity (Wildman–Crippen MR) is 89.4 cm³/mol. The Labute approximate surface area is 133 Å². The molecule has 21 heavy (non-hydrogen) atoms. The topological polar surface area (TPSA) is 26.0 Å². The Kier molecular flexibility index (Phi) is 4.56. The third-order valence-corrected chi connectivity index (χ3v) is 5.52. The molecule has 0 aliphatic rings. The molecule has 0 spiro atoms. The van der Waals surface area contributed by atoms with Crippen LogP contribution in [0.2, 0.25) is 0 Å². The van der Waals surface area contributed by atoms with Crippen LogP contribution in [0.25, 0.3) is 0 Å². The first kappa shape index (κ1) is 14.5. The molecular weight excluding hydrogens is 298 g/mol. The average molecular weight is 317 g/mol. The smallest absolute Gasteiger partial charge is 0.194 e. The van der Waals surface area contributed by atoms with E-state index >= 15 is 0 Å². The van der Waals surface area contributed by atoms with E-state index in [0.717, 1.165) is 37.3 Å². The van der Waals surface area contributed by atoms with E-state index in [1.54, 1.807) is 6.20 Å². The number of aryl methyl sites for hydroxylation is 6. The molecule has 0 unspecified atom stereocenters. The lowest BCUT2D eigenvalue weighted by Crippen LogP contribution is -1.89. The minimum absolute atomic E-state index is 0.842. The van der Waals surface area contributed by atoms with E-state index in [9.17, 15) is 0 Å². The Morgan fingerprint density at radius 1 is 1.05 bits per heavy atom. The lowest BCUT2D eigenvalue weighted by molar-refractivity contribution is 0.470. The maximum Gasteiger partial charge on any atom is 0.194 e. The molecule has 4 heteroatoms. The summed E-state index contributed by atoms with van der Waals surface area (Å²) < 4.78 is 5.51. The number of thiophene rings is 2. The van der Waals surface area contributed by atoms with E-state index in [1.165, 1.54) is 20.2 Å². The highest BCUT2D eigenvalue weighted by atomic mass is 32.1. The van der Waals surface area contributed by atoms with Gasteiger partial charge < -0.3 is 4.42 Å². The third-order valence-electron chi connectivity index (χ3n) is 3.42. The summed E-state index contributed by atoms with van der Waals surface area (Å²) in [6.45, 7) is 4.10. The number of hydrogen-bond donors (Lipinski definition) is 0. The summed E-state index contributed by atoms with van der Waals surface area (Å²) in [4.78, 5) is 8.61. The van der Waals surface area contributed by atoms with Gasteiger partial charge in [0.05, 0.1) is 6.20 Å². The van der Waals surface area contributed by atoms with E-state index < -0.39 is 0 Å². The summed E-state index contributed by atoms with van der Waals surface area (Å²) in [5.74, 6) is 1.73. The van der Waals surface area contributed by atoms with Crippen LogP contribution in [0.3, 0.4) is 0 Å². The van der Waals surface area contributed by atoms with Crippen LogP contribution in [0.1, 0.15) is 31.8 Å². The molecule has 0 aliphatic carbocycles. The highest BCUT2D eigenvalue weighted by molar-refractivity contribution is 7.12. The van der Waals surface area contributed by atoms with Crippen molar-refractivity contribution in [2.45, 2.75) is 39.5 Å². The summed E-state index contributed by atoms with van der Waals surface area (Å²) in [6.07, 6.45) is 5.97. The van der Waals surface area contributed by atoms with Crippen LogP contribution in [0.4, 0.5) is 0 Å². The quantitative estimate of drug-likeness (QED) is 0.640. The summed E-state index contributed by atoms with van der Waals surface area (Å²) >= 11 is 3.78. The van der Waals surface area contributed by atoms with Gasteiger partial charge >= 0.3 is 0 Å². The fourth-order valence-electron chi connectivity index (χ4n) is 2.32. The van der Waals surface area contributed by atoms with Gasteiger partial charge in [0.2, 0.25) is 0 Å². The molecule has 3 heterocycles. The number of rotatable bonds is 6. The van der Waals surface area contributed by atoms with Crippen molar-refractivity contribution >= 4 is 22.7 Å². The van der Waals surface area contributed by atoms with Crippen molar-refractivity contribution in [3.8, 4) is 0 Å². The predicted octanol–water partition coefficient (Wildman–Crippen LogP) is 4.98. The summed E-state index contributed by atoms with van der Waals surface area (Å²) in [7, 11) is 0. The first-order valence-corrected chi connectivity index (χ1v) is 8.91. The zero-order valence-electron chi connectivity index (χ0n) is 12.4. The molecule has 2 nitrogen and oxygen atoms in total. The van der Waals surface area contributed by atoms with Crippen molar-refractivity contribution in [2.24, 2.45) is 0 Å². The van der Waals surface area contributed by atoms with Crippen LogP contribution >= 0.6 is 22.7 Å². The highest BCUT2D eigenvalue weighted by Crippen LogP contribution is 2.21. The molecular formula is C17H19NOS2. The Morgan fingerprint density at radius 3 is 2.62 bits per heavy atom. The molecule has 0 saturated heterocycles. The van der Waals surface area contributed by atoms with Crippen LogP contribution in [-0.2, 0) is 25.7 Å². The van der Waals surface area contributed by atoms with Crippen molar-refractivity contribution in [1.29, 1.82) is 0 Å². The van der Waals surface area contributed by atoms with Gasteiger partial charge in [-0.3, -0.25) is 0 Å². The summed E-state index contributed by atoms with van der Waals surface area (Å²) in [5, 5.41) is 2.27. The molecule has 3 aromatic rings. The Bertz CT molecular complexity index is 649. The van der Waals surface area contributed by atoms with Gasteiger partial charge in [-0.1, -0.05) is 0 Å². The van der Waals surface area contributed by atoms with E-state index in [4.69, 9.17) is 4.42 Å². The van der Waals surface area contributed by atoms with E-state index in [-0.39, 0.29) is 0 Å². The maximum absolute atomic E-state index is 5.51. The molecule has 0 bridgehead atoms. The van der Waals surface area contributed by atoms with E-state index in [1.807, 2.05) is 29.6 Å². The lowest BCUT2D eigenvalue weighted by atomic mass is 10.1. The molecule has 0 fully saturated rings. The second kappa shape index (κ2) is 6.58. The molecule has 0 saturated carbocycles. The first-order chi connectivity index (χ1) is 10.2. The molecule has 0 atom stereocenters. The molecule has 110 valence electrons. The molecule has 0 amide bonds. The maximum atomic E-state index is 5.51. The average Bonchev–Trinajstić information content (AvgIpc) is 3.16. The fraction of sp³-hybridized carbons (Fsp3) is 0.353. The normalized spacial score (nSPS) is 11.1. The second-order valence-electron chi connectivity index (χ2n) is 5.30. The Balaban J connectivity index is 1.51. The van der Waals surface area contributed by atoms with Crippen molar-refractivity contribution in [3.63, 3.8) is 0 Å². The SMILES string of the molecule is Cc1cnc(CCc2csc(CCc3ccc(C)s3)c2)o1. The van der Waals surface area contributed by atoms with Gasteiger partial charge in [0.15, 0.2) is 5.89 Å². The number of aromatic nitrogens is 1. The van der Waals surface area contributed by atoms with Gasteiger partial charge in [-0.15, -0.1) is 22.7 Å². The third kappa shape index (κ3) is 4.05. The molecule has 0 N–H and O–H groups in total. The zero-order valence-corrected chi connectivity index (χ0v) is 14.0. The monoisotopic (exact) mass is 317 g/mol. The highest BCUT2D eigenvalue weighted by Gasteiger charge is 2.05. The van der Waals surface area contributed by atoms with Gasteiger partial charge in [-0.2, -0.15) is 0 Å². The van der Waals surface area contributed by atoms with Gasteiger partial charge in [0.1, 0.15) is 5.76 Å². The van der Waals surface area contributed by atoms with Crippen molar-refractivity contribution in [1.82, 2.24) is 4.98 Å². The minimum atomic E-state index is 0.842. The van der Waals surface area contributed by atoms with Gasteiger partial charge in [-0.05, 0) is 62.3 Å². The molecule has 0 aliphatic heterocycles. The fourth-order valence-corrected chi connectivity index (χ4v) is 4.14. The zero-order chi connectivity index (χ0) is 14.7. The number of oxazole rings is 1. The molecule has 3 aromatic heterocycles. The van der Waals surface area contributed by atoms with Crippen molar-refractivity contribution in [2.75, 3.05) is 0 Å². The van der Waals surface area contributed by atoms with Crippen LogP contribution < -0.4 is 0 Å². The minimum Gasteiger partial charge on any atom is -0.446 e. The summed E-state index contributed by atoms with van der Waals surface area (Å²) in [5.41, 5.74) is 1.40. The van der Waals surface area contributed by atoms with Crippen LogP contribution in [0.5, 0.6) is 0 Å². The van der Waals surface area contributed by atoms with Gasteiger partial charge in [0, 0.05) is 21.1 Å². The van der Waals surface area contributed by atoms with Crippen LogP contribution in [0, 0.1) is 13.8 Å². The van der Waals surface area contributed by atoms with Gasteiger partial charge in [-0.25, -0.2) is 4.98 Å². The second-order valence-corrected chi connectivity index (χ2v) is 7.67. The van der Waals surface area contributed by atoms with E-state index in [2.05, 4.69) is 35.5 Å². The Morgan fingerprint density at radius 2 is 1.90 bits per heavy atom. The Hall–Kier alpha value is -1.39. The number of nitrogens with zero attached hydrogens (tertiary/aromatic N) is 1. The first-order valence-electron chi connectivity index (χ1n) is 7.22. The lowest BCUT2D eigenvalue weighted by Gasteiger charge is -1.95. The summed E-state index contributed by atoms with van der Waals surface area (Å²) in [6, 6.07) is 6.79. The molecule has 0 radical (unpaired) electrons. The van der Waals surface area contributed by atoms with Crippen LogP contribution in [-0.4, -0.2) is 4.98 Å². The number of hydrogen-bond acceptors (Lipinski definition) is 4. The van der Waals surface area contributed by atoms with Crippen LogP contribution in [0.15, 0.2) is 34.2 Å². The van der Waals surface area contributed by atoms with E-state index in [0.29, 0.717) is 0 Å². The standard InChI is InChI=1S/C17H19NOS2/c1-12-10-18-17(19-12)8-4-14-9-16(20-11-14)7-6-15-5-3-13(2)21-15/h3,5,9-11H,4,6-8H2,1-2H3.